The lowest BCUT2D eigenvalue weighted by atomic mass is 10.1. The molecule has 3 heterocycles. The van der Waals surface area contributed by atoms with Gasteiger partial charge < -0.3 is 14.0 Å². The summed E-state index contributed by atoms with van der Waals surface area (Å²) in [6.07, 6.45) is 11.9. The molecule has 0 aliphatic carbocycles. The molecule has 1 aliphatic heterocycles. The number of nitrogens with zero attached hydrogens (tertiary/aromatic N) is 3. The van der Waals surface area contributed by atoms with Crippen LogP contribution in [-0.2, 0) is 17.6 Å². The molecule has 0 radical (unpaired) electrons. The highest BCUT2D eigenvalue weighted by Gasteiger charge is 2.19. The minimum absolute atomic E-state index is 0.191. The smallest absolute Gasteiger partial charge is 0.231 e. The summed E-state index contributed by atoms with van der Waals surface area (Å²) in [7, 11) is 0. The lowest BCUT2D eigenvalue weighted by Crippen LogP contribution is -2.23. The van der Waals surface area contributed by atoms with Gasteiger partial charge in [0, 0.05) is 12.6 Å². The van der Waals surface area contributed by atoms with E-state index in [0.29, 0.717) is 6.79 Å². The quantitative estimate of drug-likeness (QED) is 0.312. The van der Waals surface area contributed by atoms with E-state index in [1.165, 1.54) is 49.0 Å². The minimum Gasteiger partial charge on any atom is -0.616 e. The minimum atomic E-state index is -0.743. The Balaban J connectivity index is 0.000000263. The van der Waals surface area contributed by atoms with Gasteiger partial charge in [-0.3, -0.25) is 0 Å². The molecule has 0 saturated heterocycles. The molecule has 0 fully saturated rings. The molecule has 2 atom stereocenters. The van der Waals surface area contributed by atoms with E-state index < -0.39 is 11.2 Å². The van der Waals surface area contributed by atoms with Crippen molar-refractivity contribution >= 4 is 27.5 Å². The molecule has 0 amide bonds. The Morgan fingerprint density at radius 2 is 1.97 bits per heavy atom. The molecule has 2 unspecified atom stereocenters. The molecular formula is C22H31N3O3S2. The van der Waals surface area contributed by atoms with Gasteiger partial charge in [-0.05, 0) is 37.5 Å². The summed E-state index contributed by atoms with van der Waals surface area (Å²) >= 11 is 0.792. The van der Waals surface area contributed by atoms with Crippen molar-refractivity contribution in [1.82, 2.24) is 14.6 Å². The second-order valence-corrected chi connectivity index (χ2v) is 10.2. The first kappa shape index (κ1) is 22.9. The molecule has 4 rings (SSSR count). The van der Waals surface area contributed by atoms with Gasteiger partial charge >= 0.3 is 0 Å². The Kier molecular flexibility index (Phi) is 9.29. The van der Waals surface area contributed by atoms with Crippen molar-refractivity contribution in [2.45, 2.75) is 64.0 Å². The van der Waals surface area contributed by atoms with E-state index in [-0.39, 0.29) is 5.25 Å². The van der Waals surface area contributed by atoms with Crippen molar-refractivity contribution in [2.24, 2.45) is 0 Å². The molecule has 30 heavy (non-hydrogen) atoms. The van der Waals surface area contributed by atoms with E-state index in [2.05, 4.69) is 23.9 Å². The Morgan fingerprint density at radius 1 is 1.17 bits per heavy atom. The number of imidazole rings is 1. The molecule has 0 N–H and O–H groups in total. The van der Waals surface area contributed by atoms with Gasteiger partial charge in [-0.1, -0.05) is 61.2 Å². The van der Waals surface area contributed by atoms with Gasteiger partial charge in [0.05, 0.1) is 6.20 Å². The van der Waals surface area contributed by atoms with Crippen LogP contribution in [0.5, 0.6) is 11.5 Å². The third-order valence-electron chi connectivity index (χ3n) is 5.03. The number of ether oxygens (including phenoxy) is 2. The zero-order valence-corrected chi connectivity index (χ0v) is 19.4. The molecule has 0 bridgehead atoms. The van der Waals surface area contributed by atoms with Gasteiger partial charge in [0.2, 0.25) is 11.8 Å². The molecule has 0 spiro atoms. The maximum atomic E-state index is 12.3. The monoisotopic (exact) mass is 449 g/mol. The highest BCUT2D eigenvalue weighted by Crippen LogP contribution is 2.33. The normalized spacial score (nSPS) is 14.4. The number of rotatable bonds is 10. The highest BCUT2D eigenvalue weighted by molar-refractivity contribution is 7.91. The number of aromatic nitrogens is 3. The fraction of sp³-hybridized carbons (Fsp3) is 0.545. The van der Waals surface area contributed by atoms with Gasteiger partial charge in [0.1, 0.15) is 16.5 Å². The van der Waals surface area contributed by atoms with Crippen LogP contribution in [-0.4, -0.2) is 36.9 Å². The molecule has 1 aromatic carbocycles. The Morgan fingerprint density at radius 3 is 2.80 bits per heavy atom. The number of benzene rings is 1. The van der Waals surface area contributed by atoms with Gasteiger partial charge in [-0.2, -0.15) is 5.10 Å². The van der Waals surface area contributed by atoms with E-state index in [9.17, 15) is 4.55 Å². The second-order valence-electron chi connectivity index (χ2n) is 7.45. The standard InChI is InChI=1S/C18H28O3S.C4H3N3S/c1-3-4-5-6-7-8-11-22(19)15(2)12-16-9-10-17-18(13-16)21-14-20-17;1-2-7-4(5-1)8-3-6-7/h9-10,13,15H,3-8,11-12,14H2,1-2H3;1-3H. The van der Waals surface area contributed by atoms with Gasteiger partial charge in [-0.25, -0.2) is 9.50 Å². The third kappa shape index (κ3) is 6.89. The van der Waals surface area contributed by atoms with Crippen LogP contribution >= 0.6 is 11.3 Å². The number of fused-ring (bicyclic) bond motifs is 2. The van der Waals surface area contributed by atoms with E-state index in [4.69, 9.17) is 9.47 Å². The van der Waals surface area contributed by atoms with Crippen LogP contribution in [0.25, 0.3) is 4.96 Å². The van der Waals surface area contributed by atoms with Crippen LogP contribution in [0.3, 0.4) is 0 Å². The van der Waals surface area contributed by atoms with Crippen LogP contribution < -0.4 is 9.47 Å². The van der Waals surface area contributed by atoms with Crippen LogP contribution in [0.4, 0.5) is 0 Å². The molecule has 1 aliphatic rings. The van der Waals surface area contributed by atoms with Crippen LogP contribution in [0.2, 0.25) is 0 Å². The molecule has 164 valence electrons. The van der Waals surface area contributed by atoms with E-state index >= 15 is 0 Å². The predicted octanol–water partition coefficient (Wildman–Crippen LogP) is 5.25. The summed E-state index contributed by atoms with van der Waals surface area (Å²) < 4.78 is 24.8. The molecule has 3 aromatic rings. The number of hydrogen-bond acceptors (Lipinski definition) is 6. The molecule has 8 heteroatoms. The van der Waals surface area contributed by atoms with Crippen LogP contribution in [0.1, 0.15) is 57.9 Å². The summed E-state index contributed by atoms with van der Waals surface area (Å²) in [5.74, 6) is 2.45. The average Bonchev–Trinajstić information content (AvgIpc) is 3.47. The van der Waals surface area contributed by atoms with Crippen LogP contribution in [0, 0.1) is 0 Å². The second kappa shape index (κ2) is 12.2. The fourth-order valence-corrected chi connectivity index (χ4v) is 5.15. The lowest BCUT2D eigenvalue weighted by molar-refractivity contribution is 0.174. The summed E-state index contributed by atoms with van der Waals surface area (Å²) in [5.41, 5.74) is 2.94. The van der Waals surface area contributed by atoms with Gasteiger partial charge in [0.25, 0.3) is 0 Å². The van der Waals surface area contributed by atoms with E-state index in [1.807, 2.05) is 24.4 Å². The third-order valence-corrected chi connectivity index (χ3v) is 7.48. The largest absolute Gasteiger partial charge is 0.616 e. The van der Waals surface area contributed by atoms with Crippen molar-refractivity contribution in [3.8, 4) is 11.5 Å². The Labute approximate surface area is 185 Å². The summed E-state index contributed by atoms with van der Waals surface area (Å²) in [4.78, 5) is 4.95. The van der Waals surface area contributed by atoms with Gasteiger partial charge in [-0.15, -0.1) is 0 Å². The molecule has 0 saturated carbocycles. The Hall–Kier alpha value is -1.77. The van der Waals surface area contributed by atoms with Crippen molar-refractivity contribution < 1.29 is 14.0 Å². The van der Waals surface area contributed by atoms with Gasteiger partial charge in [0.15, 0.2) is 11.5 Å². The van der Waals surface area contributed by atoms with E-state index in [0.717, 1.165) is 35.1 Å². The van der Waals surface area contributed by atoms with Crippen molar-refractivity contribution in [3.63, 3.8) is 0 Å². The zero-order chi connectivity index (χ0) is 21.2. The number of unbranched alkanes of at least 4 members (excludes halogenated alkanes) is 5. The summed E-state index contributed by atoms with van der Waals surface area (Å²) in [6.45, 7) is 4.61. The zero-order valence-electron chi connectivity index (χ0n) is 17.8. The maximum Gasteiger partial charge on any atom is 0.231 e. The average molecular weight is 450 g/mol. The SMILES string of the molecule is CCCCCCCC[S+]([O-])C(C)Cc1ccc2c(c1)OCO2.c1cn2ncsc2n1. The predicted molar refractivity (Wildman–Crippen MR) is 123 cm³/mol. The van der Waals surface area contributed by atoms with Crippen molar-refractivity contribution in [3.05, 3.63) is 41.7 Å². The van der Waals surface area contributed by atoms with Crippen LogP contribution in [0.15, 0.2) is 36.1 Å². The van der Waals surface area contributed by atoms with Crippen molar-refractivity contribution in [1.29, 1.82) is 0 Å². The lowest BCUT2D eigenvalue weighted by Gasteiger charge is -2.18. The summed E-state index contributed by atoms with van der Waals surface area (Å²) in [5, 5.41) is 4.14. The maximum absolute atomic E-state index is 12.3. The Bertz CT molecular complexity index is 832. The summed E-state index contributed by atoms with van der Waals surface area (Å²) in [6, 6.07) is 6.01. The first-order valence-corrected chi connectivity index (χ1v) is 12.9. The molecular weight excluding hydrogens is 418 g/mol. The highest BCUT2D eigenvalue weighted by atomic mass is 32.2. The fourth-order valence-electron chi connectivity index (χ4n) is 3.30. The van der Waals surface area contributed by atoms with Crippen molar-refractivity contribution in [2.75, 3.05) is 12.5 Å². The topological polar surface area (TPSA) is 71.7 Å². The first-order valence-electron chi connectivity index (χ1n) is 10.7. The first-order chi connectivity index (χ1) is 14.7. The van der Waals surface area contributed by atoms with E-state index in [1.54, 1.807) is 16.2 Å². The number of hydrogen-bond donors (Lipinski definition) is 0. The molecule has 2 aromatic heterocycles. The molecule has 6 nitrogen and oxygen atoms in total.